The Morgan fingerprint density at radius 1 is 1.53 bits per heavy atom. The van der Waals surface area contributed by atoms with Crippen LogP contribution < -0.4 is 11.3 Å². The van der Waals surface area contributed by atoms with Crippen LogP contribution in [0.5, 0.6) is 0 Å². The second kappa shape index (κ2) is 6.14. The quantitative estimate of drug-likeness (QED) is 0.421. The number of hydrogen-bond donors (Lipinski definition) is 3. The topological polar surface area (TPSA) is 78.6 Å². The molecule has 1 aromatic carbocycles. The fourth-order valence-corrected chi connectivity index (χ4v) is 2.46. The number of nitrogens with zero attached hydrogens (tertiary/aromatic N) is 1. The number of likely N-dealkylation sites (tertiary alicyclic amines) is 1. The summed E-state index contributed by atoms with van der Waals surface area (Å²) in [5, 5.41) is 9.91. The van der Waals surface area contributed by atoms with Gasteiger partial charge in [0.05, 0.1) is 6.10 Å². The highest BCUT2D eigenvalue weighted by molar-refractivity contribution is 5.95. The minimum absolute atomic E-state index is 0.276. The lowest BCUT2D eigenvalue weighted by atomic mass is 9.95. The van der Waals surface area contributed by atoms with E-state index >= 15 is 0 Å². The number of carbonyl (C=O) groups excluding carboxylic acids is 1. The maximum Gasteiger partial charge on any atom is 0.265 e. The highest BCUT2D eigenvalue weighted by Crippen LogP contribution is 2.20. The van der Waals surface area contributed by atoms with Crippen LogP contribution in [0.25, 0.3) is 0 Å². The number of rotatable bonds is 3. The number of amides is 1. The van der Waals surface area contributed by atoms with Crippen LogP contribution >= 0.6 is 0 Å². The van der Waals surface area contributed by atoms with Crippen molar-refractivity contribution in [3.05, 3.63) is 35.4 Å². The molecule has 1 aromatic rings. The van der Waals surface area contributed by atoms with Gasteiger partial charge in [-0.15, -0.1) is 0 Å². The van der Waals surface area contributed by atoms with E-state index in [0.29, 0.717) is 24.6 Å². The maximum atomic E-state index is 11.7. The molecule has 1 heterocycles. The number of β-amino-alcohol motifs (C(OH)–C–C–N with tert-alkyl or cyclic N) is 1. The minimum Gasteiger partial charge on any atom is -0.392 e. The van der Waals surface area contributed by atoms with E-state index in [4.69, 9.17) is 5.84 Å². The van der Waals surface area contributed by atoms with Gasteiger partial charge in [0.25, 0.3) is 5.91 Å². The van der Waals surface area contributed by atoms with Gasteiger partial charge >= 0.3 is 0 Å². The van der Waals surface area contributed by atoms with E-state index in [-0.39, 0.29) is 12.0 Å². The summed E-state index contributed by atoms with van der Waals surface area (Å²) >= 11 is 0. The summed E-state index contributed by atoms with van der Waals surface area (Å²) in [6.07, 6.45) is 0.691. The maximum absolute atomic E-state index is 11.7. The summed E-state index contributed by atoms with van der Waals surface area (Å²) in [4.78, 5) is 13.9. The summed E-state index contributed by atoms with van der Waals surface area (Å²) in [6.45, 7) is 4.32. The Bertz CT molecular complexity index is 450. The fraction of sp³-hybridized carbons (Fsp3) is 0.500. The fourth-order valence-electron chi connectivity index (χ4n) is 2.46. The molecule has 4 N–H and O–H groups in total. The van der Waals surface area contributed by atoms with Gasteiger partial charge in [-0.05, 0) is 30.5 Å². The Morgan fingerprint density at radius 3 is 2.95 bits per heavy atom. The zero-order chi connectivity index (χ0) is 13.8. The third kappa shape index (κ3) is 3.32. The van der Waals surface area contributed by atoms with Crippen molar-refractivity contribution < 1.29 is 9.90 Å². The third-order valence-electron chi connectivity index (χ3n) is 3.79. The van der Waals surface area contributed by atoms with Crippen LogP contribution in [0.1, 0.15) is 29.3 Å². The first-order valence-corrected chi connectivity index (χ1v) is 6.61. The second-order valence-corrected chi connectivity index (χ2v) is 5.20. The molecule has 1 amide bonds. The van der Waals surface area contributed by atoms with Crippen molar-refractivity contribution in [2.45, 2.75) is 26.0 Å². The van der Waals surface area contributed by atoms with Crippen molar-refractivity contribution in [1.82, 2.24) is 10.3 Å². The van der Waals surface area contributed by atoms with Crippen LogP contribution in [0.2, 0.25) is 0 Å². The molecule has 0 radical (unpaired) electrons. The summed E-state index contributed by atoms with van der Waals surface area (Å²) in [5.41, 5.74) is 3.70. The molecule has 0 bridgehead atoms. The number of hydrazine groups is 1. The Labute approximate surface area is 113 Å². The molecule has 104 valence electrons. The van der Waals surface area contributed by atoms with Gasteiger partial charge in [-0.1, -0.05) is 25.1 Å². The lowest BCUT2D eigenvalue weighted by Crippen LogP contribution is -2.42. The molecule has 5 heteroatoms. The Balaban J connectivity index is 2.09. The van der Waals surface area contributed by atoms with Crippen LogP contribution in [0, 0.1) is 5.92 Å². The van der Waals surface area contributed by atoms with Crippen molar-refractivity contribution in [1.29, 1.82) is 0 Å². The van der Waals surface area contributed by atoms with E-state index in [1.807, 2.05) is 18.2 Å². The molecule has 0 aliphatic carbocycles. The van der Waals surface area contributed by atoms with Crippen LogP contribution in [0.3, 0.4) is 0 Å². The summed E-state index contributed by atoms with van der Waals surface area (Å²) in [7, 11) is 0. The first-order chi connectivity index (χ1) is 9.11. The van der Waals surface area contributed by atoms with E-state index in [1.165, 1.54) is 0 Å². The summed E-state index contributed by atoms with van der Waals surface area (Å²) < 4.78 is 0. The molecule has 1 aliphatic rings. The minimum atomic E-state index is -0.288. The Hall–Kier alpha value is -1.43. The van der Waals surface area contributed by atoms with Crippen molar-refractivity contribution in [3.63, 3.8) is 0 Å². The number of nitrogens with two attached hydrogens (primary N) is 1. The Morgan fingerprint density at radius 2 is 2.26 bits per heavy atom. The van der Waals surface area contributed by atoms with Gasteiger partial charge in [-0.2, -0.15) is 0 Å². The highest BCUT2D eigenvalue weighted by Gasteiger charge is 2.24. The van der Waals surface area contributed by atoms with Gasteiger partial charge in [0, 0.05) is 18.7 Å². The zero-order valence-corrected chi connectivity index (χ0v) is 11.2. The molecule has 1 aliphatic heterocycles. The van der Waals surface area contributed by atoms with Gasteiger partial charge in [0.15, 0.2) is 0 Å². The average molecular weight is 263 g/mol. The van der Waals surface area contributed by atoms with Crippen LogP contribution in [0.15, 0.2) is 24.3 Å². The van der Waals surface area contributed by atoms with E-state index < -0.39 is 0 Å². The van der Waals surface area contributed by atoms with Crippen LogP contribution in [-0.4, -0.2) is 35.1 Å². The second-order valence-electron chi connectivity index (χ2n) is 5.20. The van der Waals surface area contributed by atoms with Gasteiger partial charge in [0.2, 0.25) is 0 Å². The number of carbonyl (C=O) groups is 1. The molecule has 0 aromatic heterocycles. The predicted molar refractivity (Wildman–Crippen MR) is 73.2 cm³/mol. The van der Waals surface area contributed by atoms with E-state index in [9.17, 15) is 9.90 Å². The third-order valence-corrected chi connectivity index (χ3v) is 3.79. The molecule has 0 spiro atoms. The monoisotopic (exact) mass is 263 g/mol. The molecule has 5 nitrogen and oxygen atoms in total. The number of aliphatic hydroxyl groups is 1. The van der Waals surface area contributed by atoms with Gasteiger partial charge in [-0.25, -0.2) is 5.84 Å². The van der Waals surface area contributed by atoms with Gasteiger partial charge in [-0.3, -0.25) is 15.1 Å². The van der Waals surface area contributed by atoms with Gasteiger partial charge in [0.1, 0.15) is 0 Å². The standard InChI is InChI=1S/C14H21N3O2/c1-10-6-7-17(9-13(10)18)8-11-4-2-3-5-12(11)14(19)16-15/h2-5,10,13,18H,6-9,15H2,1H3,(H,16,19). The largest absolute Gasteiger partial charge is 0.392 e. The van der Waals surface area contributed by atoms with Crippen LogP contribution in [0.4, 0.5) is 0 Å². The zero-order valence-electron chi connectivity index (χ0n) is 11.2. The van der Waals surface area contributed by atoms with Crippen LogP contribution in [-0.2, 0) is 6.54 Å². The number of nitrogen functional groups attached to an aromatic ring is 1. The average Bonchev–Trinajstić information content (AvgIpc) is 2.43. The molecule has 2 atom stereocenters. The number of piperidine rings is 1. The lowest BCUT2D eigenvalue weighted by Gasteiger charge is -2.34. The molecule has 0 saturated carbocycles. The first-order valence-electron chi connectivity index (χ1n) is 6.61. The first kappa shape index (κ1) is 14.0. The van der Waals surface area contributed by atoms with E-state index in [2.05, 4.69) is 17.2 Å². The van der Waals surface area contributed by atoms with E-state index in [0.717, 1.165) is 18.5 Å². The molecule has 1 fully saturated rings. The van der Waals surface area contributed by atoms with Crippen molar-refractivity contribution in [2.24, 2.45) is 11.8 Å². The summed E-state index contributed by atoms with van der Waals surface area (Å²) in [5.74, 6) is 5.26. The number of benzene rings is 1. The summed E-state index contributed by atoms with van der Waals surface area (Å²) in [6, 6.07) is 7.42. The number of aliphatic hydroxyl groups excluding tert-OH is 1. The van der Waals surface area contributed by atoms with Crippen molar-refractivity contribution >= 4 is 5.91 Å². The molecule has 2 unspecified atom stereocenters. The lowest BCUT2D eigenvalue weighted by molar-refractivity contribution is 0.0258. The highest BCUT2D eigenvalue weighted by atomic mass is 16.3. The van der Waals surface area contributed by atoms with Gasteiger partial charge < -0.3 is 5.11 Å². The molecule has 1 saturated heterocycles. The molecule has 19 heavy (non-hydrogen) atoms. The molecular weight excluding hydrogens is 242 g/mol. The SMILES string of the molecule is CC1CCN(Cc2ccccc2C(=O)NN)CC1O. The Kier molecular flexibility index (Phi) is 4.52. The smallest absolute Gasteiger partial charge is 0.265 e. The van der Waals surface area contributed by atoms with E-state index in [1.54, 1.807) is 6.07 Å². The van der Waals surface area contributed by atoms with Crippen molar-refractivity contribution in [2.75, 3.05) is 13.1 Å². The number of hydrogen-bond acceptors (Lipinski definition) is 4. The normalized spacial score (nSPS) is 24.2. The predicted octanol–water partition coefficient (Wildman–Crippen LogP) is 0.493. The van der Waals surface area contributed by atoms with Crippen molar-refractivity contribution in [3.8, 4) is 0 Å². The molecule has 2 rings (SSSR count). The number of nitrogens with one attached hydrogen (secondary N) is 1. The molecular formula is C14H21N3O2.